The first-order valence-electron chi connectivity index (χ1n) is 6.50. The van der Waals surface area contributed by atoms with Gasteiger partial charge in [-0.1, -0.05) is 0 Å². The molecule has 1 aliphatic rings. The van der Waals surface area contributed by atoms with Crippen molar-refractivity contribution in [1.29, 1.82) is 0 Å². The van der Waals surface area contributed by atoms with E-state index in [2.05, 4.69) is 21.8 Å². The fourth-order valence-corrected chi connectivity index (χ4v) is 2.47. The molecule has 2 atom stereocenters. The van der Waals surface area contributed by atoms with Crippen LogP contribution in [0.3, 0.4) is 0 Å². The maximum atomic E-state index is 5.79. The summed E-state index contributed by atoms with van der Waals surface area (Å²) in [6.45, 7) is 5.83. The minimum Gasteiger partial charge on any atom is -0.481 e. The van der Waals surface area contributed by atoms with Crippen molar-refractivity contribution in [1.82, 2.24) is 9.97 Å². The highest BCUT2D eigenvalue weighted by atomic mass is 16.5. The molecule has 0 radical (unpaired) electrons. The van der Waals surface area contributed by atoms with Gasteiger partial charge in [-0.05, 0) is 39.2 Å². The Morgan fingerprint density at radius 3 is 2.89 bits per heavy atom. The van der Waals surface area contributed by atoms with Gasteiger partial charge in [0.25, 0.3) is 0 Å². The van der Waals surface area contributed by atoms with E-state index in [-0.39, 0.29) is 0 Å². The topological polar surface area (TPSA) is 64.3 Å². The number of aromatic nitrogens is 2. The number of nitrogens with zero attached hydrogens (tertiary/aromatic N) is 3. The molecule has 0 aromatic carbocycles. The van der Waals surface area contributed by atoms with Crippen LogP contribution < -0.4 is 15.4 Å². The Bertz CT molecular complexity index is 410. The van der Waals surface area contributed by atoms with Crippen molar-refractivity contribution < 1.29 is 4.74 Å². The first-order valence-corrected chi connectivity index (χ1v) is 6.50. The molecule has 0 aliphatic carbocycles. The molecule has 0 saturated carbocycles. The summed E-state index contributed by atoms with van der Waals surface area (Å²) in [4.78, 5) is 11.1. The van der Waals surface area contributed by atoms with Crippen molar-refractivity contribution >= 4 is 5.82 Å². The summed E-state index contributed by atoms with van der Waals surface area (Å²) in [6.07, 6.45) is 2.36. The monoisotopic (exact) mass is 250 g/mol. The molecule has 1 aromatic heterocycles. The number of methoxy groups -OCH3 is 1. The lowest BCUT2D eigenvalue weighted by atomic mass is 9.93. The quantitative estimate of drug-likeness (QED) is 0.877. The van der Waals surface area contributed by atoms with E-state index < -0.39 is 0 Å². The average Bonchev–Trinajstić information content (AvgIpc) is 2.38. The van der Waals surface area contributed by atoms with Gasteiger partial charge in [0.2, 0.25) is 5.88 Å². The van der Waals surface area contributed by atoms with E-state index in [4.69, 9.17) is 10.5 Å². The second-order valence-electron chi connectivity index (χ2n) is 5.00. The summed E-state index contributed by atoms with van der Waals surface area (Å²) in [7, 11) is 1.63. The molecule has 5 heteroatoms. The number of hydrogen-bond donors (Lipinski definition) is 1. The normalized spacial score (nSPS) is 24.1. The lowest BCUT2D eigenvalue weighted by Crippen LogP contribution is -2.44. The van der Waals surface area contributed by atoms with Crippen molar-refractivity contribution in [2.24, 2.45) is 11.7 Å². The second-order valence-corrected chi connectivity index (χ2v) is 5.00. The van der Waals surface area contributed by atoms with Crippen LogP contribution >= 0.6 is 0 Å². The van der Waals surface area contributed by atoms with Crippen LogP contribution in [-0.2, 0) is 0 Å². The van der Waals surface area contributed by atoms with Gasteiger partial charge in [0.05, 0.1) is 7.11 Å². The zero-order valence-electron chi connectivity index (χ0n) is 11.4. The van der Waals surface area contributed by atoms with Gasteiger partial charge in [-0.3, -0.25) is 0 Å². The molecule has 0 spiro atoms. The van der Waals surface area contributed by atoms with Crippen LogP contribution in [-0.4, -0.2) is 36.2 Å². The van der Waals surface area contributed by atoms with E-state index in [0.717, 1.165) is 31.2 Å². The predicted octanol–water partition coefficient (Wildman–Crippen LogP) is 1.36. The molecule has 1 aliphatic heterocycles. The highest BCUT2D eigenvalue weighted by Gasteiger charge is 2.26. The number of anilines is 1. The third-order valence-electron chi connectivity index (χ3n) is 3.62. The minimum atomic E-state index is 0.492. The molecule has 1 saturated heterocycles. The van der Waals surface area contributed by atoms with Crippen LogP contribution in [0.5, 0.6) is 5.88 Å². The van der Waals surface area contributed by atoms with Gasteiger partial charge in [0.1, 0.15) is 11.6 Å². The number of nitrogens with two attached hydrogens (primary N) is 1. The summed E-state index contributed by atoms with van der Waals surface area (Å²) >= 11 is 0. The Kier molecular flexibility index (Phi) is 4.01. The van der Waals surface area contributed by atoms with Crippen LogP contribution in [0, 0.1) is 12.8 Å². The smallest absolute Gasteiger partial charge is 0.218 e. The third-order valence-corrected chi connectivity index (χ3v) is 3.62. The summed E-state index contributed by atoms with van der Waals surface area (Å²) < 4.78 is 5.21. The zero-order chi connectivity index (χ0) is 13.1. The SMILES string of the molecule is COc1cc(N2CC(CN)CCC2C)nc(C)n1. The van der Waals surface area contributed by atoms with Crippen LogP contribution in [0.4, 0.5) is 5.82 Å². The first kappa shape index (κ1) is 13.1. The van der Waals surface area contributed by atoms with E-state index in [0.29, 0.717) is 17.8 Å². The van der Waals surface area contributed by atoms with Gasteiger partial charge < -0.3 is 15.4 Å². The molecule has 2 N–H and O–H groups in total. The molecular formula is C13H22N4O. The minimum absolute atomic E-state index is 0.492. The number of ether oxygens (including phenoxy) is 1. The lowest BCUT2D eigenvalue weighted by molar-refractivity contribution is 0.368. The van der Waals surface area contributed by atoms with E-state index >= 15 is 0 Å². The number of aryl methyl sites for hydroxylation is 1. The second kappa shape index (κ2) is 5.52. The number of rotatable bonds is 3. The Morgan fingerprint density at radius 2 is 2.22 bits per heavy atom. The van der Waals surface area contributed by atoms with Crippen LogP contribution in [0.2, 0.25) is 0 Å². The molecule has 2 heterocycles. The Labute approximate surface area is 108 Å². The lowest BCUT2D eigenvalue weighted by Gasteiger charge is -2.38. The molecule has 18 heavy (non-hydrogen) atoms. The summed E-state index contributed by atoms with van der Waals surface area (Å²) in [5.74, 6) is 2.87. The van der Waals surface area contributed by atoms with E-state index in [9.17, 15) is 0 Å². The molecular weight excluding hydrogens is 228 g/mol. The van der Waals surface area contributed by atoms with Gasteiger partial charge in [-0.25, -0.2) is 4.98 Å². The van der Waals surface area contributed by atoms with Gasteiger partial charge in [-0.15, -0.1) is 0 Å². The maximum absolute atomic E-state index is 5.79. The van der Waals surface area contributed by atoms with Gasteiger partial charge in [-0.2, -0.15) is 4.98 Å². The average molecular weight is 250 g/mol. The first-order chi connectivity index (χ1) is 8.63. The van der Waals surface area contributed by atoms with Gasteiger partial charge in [0, 0.05) is 18.7 Å². The highest BCUT2D eigenvalue weighted by molar-refractivity contribution is 5.43. The summed E-state index contributed by atoms with van der Waals surface area (Å²) in [5, 5.41) is 0. The van der Waals surface area contributed by atoms with Crippen molar-refractivity contribution in [3.05, 3.63) is 11.9 Å². The zero-order valence-corrected chi connectivity index (χ0v) is 11.4. The third kappa shape index (κ3) is 2.72. The van der Waals surface area contributed by atoms with Crippen LogP contribution in [0.25, 0.3) is 0 Å². The summed E-state index contributed by atoms with van der Waals surface area (Å²) in [5.41, 5.74) is 5.79. The van der Waals surface area contributed by atoms with Crippen molar-refractivity contribution in [2.75, 3.05) is 25.1 Å². The van der Waals surface area contributed by atoms with Crippen molar-refractivity contribution in [3.8, 4) is 5.88 Å². The van der Waals surface area contributed by atoms with Gasteiger partial charge >= 0.3 is 0 Å². The molecule has 5 nitrogen and oxygen atoms in total. The highest BCUT2D eigenvalue weighted by Crippen LogP contribution is 2.27. The van der Waals surface area contributed by atoms with Crippen molar-refractivity contribution in [3.63, 3.8) is 0 Å². The van der Waals surface area contributed by atoms with E-state index in [1.165, 1.54) is 6.42 Å². The van der Waals surface area contributed by atoms with Crippen LogP contribution in [0.15, 0.2) is 6.07 Å². The Morgan fingerprint density at radius 1 is 1.44 bits per heavy atom. The van der Waals surface area contributed by atoms with E-state index in [1.54, 1.807) is 7.11 Å². The predicted molar refractivity (Wildman–Crippen MR) is 71.9 cm³/mol. The number of piperidine rings is 1. The molecule has 2 unspecified atom stereocenters. The standard InChI is InChI=1S/C13H22N4O/c1-9-4-5-11(7-14)8-17(9)12-6-13(18-3)16-10(2)15-12/h6,9,11H,4-5,7-8,14H2,1-3H3. The molecule has 2 rings (SSSR count). The molecule has 100 valence electrons. The van der Waals surface area contributed by atoms with E-state index in [1.807, 2.05) is 13.0 Å². The molecule has 0 bridgehead atoms. The Balaban J connectivity index is 2.25. The fourth-order valence-electron chi connectivity index (χ4n) is 2.47. The fraction of sp³-hybridized carbons (Fsp3) is 0.692. The van der Waals surface area contributed by atoms with Crippen LogP contribution in [0.1, 0.15) is 25.6 Å². The van der Waals surface area contributed by atoms with Crippen molar-refractivity contribution in [2.45, 2.75) is 32.7 Å². The molecule has 0 amide bonds. The summed E-state index contributed by atoms with van der Waals surface area (Å²) in [6, 6.07) is 2.40. The molecule has 1 fully saturated rings. The largest absolute Gasteiger partial charge is 0.481 e. The molecule has 1 aromatic rings. The number of hydrogen-bond acceptors (Lipinski definition) is 5. The maximum Gasteiger partial charge on any atom is 0.218 e. The van der Waals surface area contributed by atoms with Gasteiger partial charge in [0.15, 0.2) is 0 Å². The Hall–Kier alpha value is -1.36.